The van der Waals surface area contributed by atoms with Crippen molar-refractivity contribution in [3.63, 3.8) is 0 Å². The Kier molecular flexibility index (Phi) is 11.7. The second kappa shape index (κ2) is 15.6. The number of amides is 3. The number of benzene rings is 2. The van der Waals surface area contributed by atoms with Gasteiger partial charge in [0.1, 0.15) is 12.6 Å². The zero-order valence-corrected chi connectivity index (χ0v) is 26.0. The van der Waals surface area contributed by atoms with Crippen LogP contribution in [0.4, 0.5) is 4.79 Å². The highest BCUT2D eigenvalue weighted by atomic mass is 16.5. The molecule has 236 valence electrons. The van der Waals surface area contributed by atoms with Crippen molar-refractivity contribution in [2.75, 3.05) is 19.6 Å². The number of ether oxygens (including phenoxy) is 1. The first-order valence-corrected chi connectivity index (χ1v) is 15.4. The second-order valence-electron chi connectivity index (χ2n) is 12.5. The van der Waals surface area contributed by atoms with Crippen LogP contribution in [0.15, 0.2) is 66.9 Å². The molecule has 10 nitrogen and oxygen atoms in total. The van der Waals surface area contributed by atoms with Gasteiger partial charge >= 0.3 is 6.09 Å². The van der Waals surface area contributed by atoms with E-state index in [-0.39, 0.29) is 30.4 Å². The zero-order valence-electron chi connectivity index (χ0n) is 26.0. The monoisotopic (exact) mass is 603 g/mol. The van der Waals surface area contributed by atoms with Crippen LogP contribution in [0, 0.1) is 11.8 Å². The molecule has 1 saturated heterocycles. The number of nitrogens with one attached hydrogen (secondary N) is 3. The Hall–Kier alpha value is -4.02. The minimum absolute atomic E-state index is 0.154. The summed E-state index contributed by atoms with van der Waals surface area (Å²) < 4.78 is 5.43. The largest absolute Gasteiger partial charge is 0.445 e. The third-order valence-electron chi connectivity index (χ3n) is 7.66. The number of hydrogen-bond acceptors (Lipinski definition) is 7. The van der Waals surface area contributed by atoms with Gasteiger partial charge in [-0.15, -0.1) is 0 Å². The van der Waals surface area contributed by atoms with E-state index < -0.39 is 24.3 Å². The van der Waals surface area contributed by atoms with Crippen LogP contribution in [0.2, 0.25) is 0 Å². The average molecular weight is 604 g/mol. The Morgan fingerprint density at radius 2 is 1.70 bits per heavy atom. The first-order valence-electron chi connectivity index (χ1n) is 15.4. The van der Waals surface area contributed by atoms with Crippen molar-refractivity contribution >= 4 is 28.8 Å². The quantitative estimate of drug-likeness (QED) is 0.233. The van der Waals surface area contributed by atoms with Crippen LogP contribution >= 0.6 is 0 Å². The van der Waals surface area contributed by atoms with Gasteiger partial charge in [-0.25, -0.2) is 4.79 Å². The van der Waals surface area contributed by atoms with E-state index in [4.69, 9.17) is 4.74 Å². The molecule has 1 aliphatic heterocycles. The molecule has 1 fully saturated rings. The number of fused-ring (bicyclic) bond motifs is 1. The van der Waals surface area contributed by atoms with Gasteiger partial charge < -0.3 is 25.8 Å². The molecule has 44 heavy (non-hydrogen) atoms. The number of β-amino-alcohol motifs (C(OH)–C–C–N with tert-alkyl or cyclic N) is 1. The highest BCUT2D eigenvalue weighted by Crippen LogP contribution is 2.17. The predicted molar refractivity (Wildman–Crippen MR) is 170 cm³/mol. The van der Waals surface area contributed by atoms with E-state index in [1.165, 1.54) is 0 Å². The molecule has 10 heteroatoms. The number of rotatable bonds is 13. The molecular weight excluding hydrogens is 558 g/mol. The molecule has 2 aromatic carbocycles. The molecule has 4 rings (SSSR count). The number of carbonyl (C=O) groups is 3. The fourth-order valence-electron chi connectivity index (χ4n) is 5.59. The van der Waals surface area contributed by atoms with Crippen LogP contribution in [0.25, 0.3) is 10.9 Å². The summed E-state index contributed by atoms with van der Waals surface area (Å²) in [6.45, 7) is 9.62. The summed E-state index contributed by atoms with van der Waals surface area (Å²) in [5.74, 6) is -0.188. The van der Waals surface area contributed by atoms with Gasteiger partial charge in [0, 0.05) is 42.8 Å². The van der Waals surface area contributed by atoms with E-state index in [9.17, 15) is 19.5 Å². The molecule has 3 amide bonds. The summed E-state index contributed by atoms with van der Waals surface area (Å²) in [5.41, 5.74) is 2.14. The topological polar surface area (TPSA) is 133 Å². The van der Waals surface area contributed by atoms with Crippen LogP contribution in [0.5, 0.6) is 0 Å². The number of aliphatic hydroxyl groups is 1. The van der Waals surface area contributed by atoms with E-state index in [1.54, 1.807) is 24.4 Å². The highest BCUT2D eigenvalue weighted by molar-refractivity contribution is 6.00. The molecule has 4 atom stereocenters. The van der Waals surface area contributed by atoms with Gasteiger partial charge in [-0.3, -0.25) is 19.5 Å². The smallest absolute Gasteiger partial charge is 0.407 e. The molecule has 1 aromatic heterocycles. The normalized spacial score (nSPS) is 18.2. The molecule has 0 spiro atoms. The predicted octanol–water partition coefficient (Wildman–Crippen LogP) is 3.88. The summed E-state index contributed by atoms with van der Waals surface area (Å²) in [7, 11) is 0. The van der Waals surface area contributed by atoms with Gasteiger partial charge in [0.15, 0.2) is 0 Å². The molecule has 1 aliphatic rings. The average Bonchev–Trinajstić information content (AvgIpc) is 3.32. The van der Waals surface area contributed by atoms with Crippen molar-refractivity contribution < 1.29 is 24.2 Å². The Morgan fingerprint density at radius 1 is 0.955 bits per heavy atom. The number of aromatic nitrogens is 1. The van der Waals surface area contributed by atoms with Crippen molar-refractivity contribution in [3.05, 3.63) is 78.0 Å². The third kappa shape index (κ3) is 9.75. The number of hydrogen-bond donors (Lipinski definition) is 4. The number of alkyl carbamates (subject to hydrolysis) is 1. The van der Waals surface area contributed by atoms with Crippen molar-refractivity contribution in [2.45, 2.75) is 71.4 Å². The first kappa shape index (κ1) is 32.9. The maximum absolute atomic E-state index is 13.4. The van der Waals surface area contributed by atoms with Gasteiger partial charge in [0.05, 0.1) is 17.7 Å². The van der Waals surface area contributed by atoms with Gasteiger partial charge in [-0.05, 0) is 54.5 Å². The van der Waals surface area contributed by atoms with Gasteiger partial charge in [0.25, 0.3) is 5.91 Å². The number of aliphatic hydroxyl groups excluding tert-OH is 1. The molecule has 2 unspecified atom stereocenters. The molecule has 0 radical (unpaired) electrons. The molecular formula is C34H45N5O5. The second-order valence-corrected chi connectivity index (χ2v) is 12.5. The Morgan fingerprint density at radius 3 is 2.43 bits per heavy atom. The maximum Gasteiger partial charge on any atom is 0.407 e. The minimum Gasteiger partial charge on any atom is -0.445 e. The van der Waals surface area contributed by atoms with Crippen LogP contribution < -0.4 is 16.0 Å². The van der Waals surface area contributed by atoms with E-state index in [0.717, 1.165) is 22.9 Å². The lowest BCUT2D eigenvalue weighted by Gasteiger charge is -2.26. The lowest BCUT2D eigenvalue weighted by molar-refractivity contribution is -0.124. The molecule has 2 heterocycles. The fraction of sp³-hybridized carbons (Fsp3) is 0.471. The van der Waals surface area contributed by atoms with E-state index in [2.05, 4.69) is 34.8 Å². The van der Waals surface area contributed by atoms with Gasteiger partial charge in [0.2, 0.25) is 5.91 Å². The number of carbonyl (C=O) groups excluding carboxylic acids is 3. The highest BCUT2D eigenvalue weighted by Gasteiger charge is 2.35. The Labute approximate surface area is 259 Å². The third-order valence-corrected chi connectivity index (χ3v) is 7.66. The Bertz CT molecular complexity index is 1400. The van der Waals surface area contributed by atoms with Crippen molar-refractivity contribution in [2.24, 2.45) is 11.8 Å². The van der Waals surface area contributed by atoms with Crippen molar-refractivity contribution in [3.8, 4) is 0 Å². The SMILES string of the molecule is CC(C)C[C@@H](CN1CC(O)C(NC(=O)[C@H](CC(C)C)NC(=O)c2ccc3ncccc3c2)C1)NC(=O)OCc1ccccc1. The van der Waals surface area contributed by atoms with E-state index in [0.29, 0.717) is 37.5 Å². The van der Waals surface area contributed by atoms with Crippen molar-refractivity contribution in [1.82, 2.24) is 25.8 Å². The molecule has 0 bridgehead atoms. The maximum atomic E-state index is 13.4. The molecule has 0 aliphatic carbocycles. The van der Waals surface area contributed by atoms with Crippen LogP contribution in [0.1, 0.15) is 56.5 Å². The van der Waals surface area contributed by atoms with Gasteiger partial charge in [-0.1, -0.05) is 64.1 Å². The van der Waals surface area contributed by atoms with Gasteiger partial charge in [-0.2, -0.15) is 0 Å². The lowest BCUT2D eigenvalue weighted by atomic mass is 10.0. The number of pyridine rings is 1. The first-order chi connectivity index (χ1) is 21.1. The van der Waals surface area contributed by atoms with Crippen LogP contribution in [-0.2, 0) is 16.1 Å². The number of nitrogens with zero attached hydrogens (tertiary/aromatic N) is 2. The lowest BCUT2D eigenvalue weighted by Crippen LogP contribution is -2.53. The fourth-order valence-corrected chi connectivity index (χ4v) is 5.59. The summed E-state index contributed by atoms with van der Waals surface area (Å²) in [5, 5.41) is 20.6. The van der Waals surface area contributed by atoms with Crippen LogP contribution in [-0.4, -0.2) is 76.8 Å². The number of likely N-dealkylation sites (tertiary alicyclic amines) is 1. The summed E-state index contributed by atoms with van der Waals surface area (Å²) in [4.78, 5) is 45.5. The minimum atomic E-state index is -0.785. The van der Waals surface area contributed by atoms with Crippen molar-refractivity contribution in [1.29, 1.82) is 0 Å². The van der Waals surface area contributed by atoms with Crippen LogP contribution in [0.3, 0.4) is 0 Å². The summed E-state index contributed by atoms with van der Waals surface area (Å²) >= 11 is 0. The molecule has 0 saturated carbocycles. The Balaban J connectivity index is 1.33. The molecule has 3 aromatic rings. The summed E-state index contributed by atoms with van der Waals surface area (Å²) in [6.07, 6.45) is 1.61. The zero-order chi connectivity index (χ0) is 31.6. The standard InChI is InChI=1S/C34H45N5O5/c1-22(2)15-27(36-34(43)44-21-24-9-6-5-7-10-24)18-39-19-30(31(40)20-39)38-33(42)29(16-23(3)4)37-32(41)26-12-13-28-25(17-26)11-8-14-35-28/h5-14,17,22-23,27,29-31,40H,15-16,18-21H2,1-4H3,(H,36,43)(H,37,41)(H,38,42)/t27-,29-,30?,31?/m0/s1. The molecule has 4 N–H and O–H groups in total. The van der Waals surface area contributed by atoms with E-state index >= 15 is 0 Å². The van der Waals surface area contributed by atoms with E-state index in [1.807, 2.05) is 61.2 Å². The summed E-state index contributed by atoms with van der Waals surface area (Å²) in [6, 6.07) is 17.0.